The Bertz CT molecular complexity index is 512. The fraction of sp³-hybridized carbons (Fsp3) is 0.286. The van der Waals surface area contributed by atoms with Crippen molar-refractivity contribution < 1.29 is 9.59 Å². The maximum atomic E-state index is 12.1. The molecule has 2 rings (SSSR count). The second-order valence-electron chi connectivity index (χ2n) is 4.65. The Labute approximate surface area is 101 Å². The van der Waals surface area contributed by atoms with Gasteiger partial charge in [0.05, 0.1) is 0 Å². The van der Waals surface area contributed by atoms with Gasteiger partial charge in [-0.15, -0.1) is 0 Å². The van der Waals surface area contributed by atoms with E-state index in [1.807, 2.05) is 44.2 Å². The van der Waals surface area contributed by atoms with Gasteiger partial charge in [-0.3, -0.25) is 14.9 Å². The third-order valence-electron chi connectivity index (χ3n) is 3.26. The van der Waals surface area contributed by atoms with Crippen LogP contribution in [0.5, 0.6) is 0 Å². The molecular weight excluding hydrogens is 214 g/mol. The highest BCUT2D eigenvalue weighted by molar-refractivity contribution is 6.20. The highest BCUT2D eigenvalue weighted by atomic mass is 16.2. The first-order valence-corrected chi connectivity index (χ1v) is 5.57. The molecule has 1 aromatic rings. The lowest BCUT2D eigenvalue weighted by molar-refractivity contribution is -0.126. The molecule has 1 aromatic carbocycles. The predicted octanol–water partition coefficient (Wildman–Crippen LogP) is 1.94. The van der Waals surface area contributed by atoms with Crippen molar-refractivity contribution in [2.45, 2.75) is 26.2 Å². The normalized spacial score (nSPS) is 23.8. The summed E-state index contributed by atoms with van der Waals surface area (Å²) in [4.78, 5) is 23.9. The van der Waals surface area contributed by atoms with Gasteiger partial charge in [-0.25, -0.2) is 0 Å². The minimum atomic E-state index is -0.864. The quantitative estimate of drug-likeness (QED) is 0.591. The highest BCUT2D eigenvalue weighted by Crippen LogP contribution is 2.37. The van der Waals surface area contributed by atoms with Crippen molar-refractivity contribution in [1.82, 2.24) is 5.32 Å². The van der Waals surface area contributed by atoms with Crippen LogP contribution in [0.15, 0.2) is 41.5 Å². The van der Waals surface area contributed by atoms with Crippen LogP contribution in [-0.2, 0) is 15.0 Å². The molecule has 0 saturated carbocycles. The summed E-state index contributed by atoms with van der Waals surface area (Å²) < 4.78 is 0. The van der Waals surface area contributed by atoms with Crippen LogP contribution in [0, 0.1) is 0 Å². The molecule has 1 heterocycles. The van der Waals surface area contributed by atoms with Crippen LogP contribution >= 0.6 is 0 Å². The van der Waals surface area contributed by atoms with Crippen LogP contribution in [0.1, 0.15) is 26.3 Å². The van der Waals surface area contributed by atoms with Gasteiger partial charge in [0.2, 0.25) is 5.91 Å². The van der Waals surface area contributed by atoms with Crippen LogP contribution in [0.3, 0.4) is 0 Å². The molecule has 0 aromatic heterocycles. The van der Waals surface area contributed by atoms with Gasteiger partial charge in [0.15, 0.2) is 0 Å². The van der Waals surface area contributed by atoms with E-state index < -0.39 is 5.41 Å². The van der Waals surface area contributed by atoms with Crippen molar-refractivity contribution in [2.75, 3.05) is 0 Å². The Morgan fingerprint density at radius 2 is 1.71 bits per heavy atom. The van der Waals surface area contributed by atoms with Crippen molar-refractivity contribution in [3.05, 3.63) is 47.0 Å². The van der Waals surface area contributed by atoms with E-state index in [2.05, 4.69) is 5.32 Å². The topological polar surface area (TPSA) is 46.2 Å². The molecule has 3 nitrogen and oxygen atoms in total. The molecule has 0 spiro atoms. The molecule has 0 unspecified atom stereocenters. The van der Waals surface area contributed by atoms with Crippen LogP contribution in [0.4, 0.5) is 0 Å². The van der Waals surface area contributed by atoms with Crippen LogP contribution in [0.25, 0.3) is 0 Å². The van der Waals surface area contributed by atoms with Crippen molar-refractivity contribution in [1.29, 1.82) is 0 Å². The lowest BCUT2D eigenvalue weighted by atomic mass is 9.76. The summed E-state index contributed by atoms with van der Waals surface area (Å²) in [5, 5.41) is 2.40. The molecule has 0 aliphatic carbocycles. The summed E-state index contributed by atoms with van der Waals surface area (Å²) in [6.45, 7) is 5.51. The zero-order chi connectivity index (χ0) is 12.6. The zero-order valence-corrected chi connectivity index (χ0v) is 10.2. The highest BCUT2D eigenvalue weighted by Gasteiger charge is 2.49. The summed E-state index contributed by atoms with van der Waals surface area (Å²) in [5.74, 6) is -0.522. The number of amides is 2. The molecule has 0 radical (unpaired) electrons. The Morgan fingerprint density at radius 1 is 1.12 bits per heavy atom. The molecule has 1 saturated heterocycles. The summed E-state index contributed by atoms with van der Waals surface area (Å²) in [6, 6.07) is 9.39. The standard InChI is InChI=1S/C14H15NO2/c1-9(2)11-12(16)15-13(17)14(11,3)10-7-5-4-6-8-10/h4-8H,1-3H3,(H,15,16,17)/t14-/m1/s1. The van der Waals surface area contributed by atoms with E-state index in [0.29, 0.717) is 5.57 Å². The first-order chi connectivity index (χ1) is 7.98. The van der Waals surface area contributed by atoms with E-state index in [0.717, 1.165) is 11.1 Å². The largest absolute Gasteiger partial charge is 0.291 e. The minimum Gasteiger partial charge on any atom is -0.291 e. The number of nitrogens with one attached hydrogen (secondary N) is 1. The fourth-order valence-electron chi connectivity index (χ4n) is 2.41. The van der Waals surface area contributed by atoms with Gasteiger partial charge < -0.3 is 0 Å². The van der Waals surface area contributed by atoms with Gasteiger partial charge in [-0.2, -0.15) is 0 Å². The second kappa shape index (κ2) is 3.84. The fourth-order valence-corrected chi connectivity index (χ4v) is 2.41. The lowest BCUT2D eigenvalue weighted by Crippen LogP contribution is -2.33. The van der Waals surface area contributed by atoms with Crippen LogP contribution < -0.4 is 5.32 Å². The maximum Gasteiger partial charge on any atom is 0.255 e. The Hall–Kier alpha value is -1.90. The number of rotatable bonds is 1. The van der Waals surface area contributed by atoms with Crippen molar-refractivity contribution in [3.63, 3.8) is 0 Å². The average molecular weight is 229 g/mol. The maximum absolute atomic E-state index is 12.1. The number of benzene rings is 1. The molecule has 2 amide bonds. The Kier molecular flexibility index (Phi) is 2.62. The Morgan fingerprint density at radius 3 is 2.24 bits per heavy atom. The van der Waals surface area contributed by atoms with E-state index in [1.165, 1.54) is 0 Å². The molecule has 0 bridgehead atoms. The van der Waals surface area contributed by atoms with E-state index in [4.69, 9.17) is 0 Å². The van der Waals surface area contributed by atoms with Gasteiger partial charge in [0, 0.05) is 5.57 Å². The molecular formula is C14H15NO2. The first-order valence-electron chi connectivity index (χ1n) is 5.57. The second-order valence-corrected chi connectivity index (χ2v) is 4.65. The molecule has 1 fully saturated rings. The third kappa shape index (κ3) is 1.58. The molecule has 1 atom stereocenters. The number of imide groups is 1. The summed E-state index contributed by atoms with van der Waals surface area (Å²) in [7, 11) is 0. The summed E-state index contributed by atoms with van der Waals surface area (Å²) >= 11 is 0. The van der Waals surface area contributed by atoms with Gasteiger partial charge in [0.1, 0.15) is 5.41 Å². The molecule has 1 aliphatic rings. The van der Waals surface area contributed by atoms with E-state index >= 15 is 0 Å². The molecule has 1 N–H and O–H groups in total. The number of allylic oxidation sites excluding steroid dienone is 1. The Balaban J connectivity index is 2.67. The third-order valence-corrected chi connectivity index (χ3v) is 3.26. The van der Waals surface area contributed by atoms with Crippen molar-refractivity contribution >= 4 is 11.8 Å². The summed E-state index contributed by atoms with van der Waals surface area (Å²) in [5.41, 5.74) is 1.42. The van der Waals surface area contributed by atoms with Crippen molar-refractivity contribution in [2.24, 2.45) is 0 Å². The average Bonchev–Trinajstić information content (AvgIpc) is 2.51. The van der Waals surface area contributed by atoms with E-state index in [-0.39, 0.29) is 11.8 Å². The van der Waals surface area contributed by atoms with Gasteiger partial charge >= 0.3 is 0 Å². The van der Waals surface area contributed by atoms with E-state index in [1.54, 1.807) is 6.92 Å². The van der Waals surface area contributed by atoms with E-state index in [9.17, 15) is 9.59 Å². The van der Waals surface area contributed by atoms with Crippen molar-refractivity contribution in [3.8, 4) is 0 Å². The SMILES string of the molecule is CC(C)=C1C(=O)NC(=O)[C@]1(C)c1ccccc1. The van der Waals surface area contributed by atoms with Gasteiger partial charge in [-0.05, 0) is 26.3 Å². The number of carbonyl (C=O) groups excluding carboxylic acids is 2. The smallest absolute Gasteiger partial charge is 0.255 e. The number of carbonyl (C=O) groups is 2. The van der Waals surface area contributed by atoms with Gasteiger partial charge in [-0.1, -0.05) is 35.9 Å². The molecule has 17 heavy (non-hydrogen) atoms. The number of hydrogen-bond acceptors (Lipinski definition) is 2. The first kappa shape index (κ1) is 11.6. The monoisotopic (exact) mass is 229 g/mol. The zero-order valence-electron chi connectivity index (χ0n) is 10.2. The molecule has 1 aliphatic heterocycles. The lowest BCUT2D eigenvalue weighted by Gasteiger charge is -2.23. The minimum absolute atomic E-state index is 0.245. The van der Waals surface area contributed by atoms with Crippen LogP contribution in [0.2, 0.25) is 0 Å². The summed E-state index contributed by atoms with van der Waals surface area (Å²) in [6.07, 6.45) is 0. The predicted molar refractivity (Wildman–Crippen MR) is 65.3 cm³/mol. The molecule has 3 heteroatoms. The molecule has 88 valence electrons. The van der Waals surface area contributed by atoms with Crippen LogP contribution in [-0.4, -0.2) is 11.8 Å². The number of hydrogen-bond donors (Lipinski definition) is 1. The van der Waals surface area contributed by atoms with Gasteiger partial charge in [0.25, 0.3) is 5.91 Å².